The molecule has 6 heteroatoms. The predicted molar refractivity (Wildman–Crippen MR) is 65.0 cm³/mol. The van der Waals surface area contributed by atoms with Gasteiger partial charge in [-0.25, -0.2) is 8.42 Å². The maximum atomic E-state index is 12.2. The molecule has 0 bridgehead atoms. The Balaban J connectivity index is 2.76. The molecule has 0 unspecified atom stereocenters. The van der Waals surface area contributed by atoms with Crippen molar-refractivity contribution in [2.75, 3.05) is 13.1 Å². The number of rotatable bonds is 5. The minimum Gasteiger partial charge on any atom is -0.387 e. The lowest BCUT2D eigenvalue weighted by Crippen LogP contribution is -2.43. The average molecular weight is 247 g/mol. The summed E-state index contributed by atoms with van der Waals surface area (Å²) >= 11 is 0. The van der Waals surface area contributed by atoms with Crippen LogP contribution >= 0.6 is 0 Å². The number of sulfonamides is 1. The van der Waals surface area contributed by atoms with Gasteiger partial charge in [-0.3, -0.25) is 5.41 Å². The first kappa shape index (κ1) is 13.4. The van der Waals surface area contributed by atoms with E-state index >= 15 is 0 Å². The van der Waals surface area contributed by atoms with Gasteiger partial charge in [-0.1, -0.05) is 26.2 Å². The number of hydrogen-bond donors (Lipinski definition) is 2. The molecule has 16 heavy (non-hydrogen) atoms. The minimum absolute atomic E-state index is 0.0231. The van der Waals surface area contributed by atoms with Gasteiger partial charge in [-0.15, -0.1) is 0 Å². The van der Waals surface area contributed by atoms with E-state index in [-0.39, 0.29) is 17.6 Å². The third-order valence-electron chi connectivity index (χ3n) is 3.03. The molecule has 0 aromatic rings. The molecule has 0 aromatic heterocycles. The highest BCUT2D eigenvalue weighted by molar-refractivity contribution is 7.89. The highest BCUT2D eigenvalue weighted by Crippen LogP contribution is 2.25. The lowest BCUT2D eigenvalue weighted by molar-refractivity contribution is 0.422. The van der Waals surface area contributed by atoms with E-state index in [1.54, 1.807) is 6.92 Å². The van der Waals surface area contributed by atoms with Gasteiger partial charge in [0.1, 0.15) is 5.84 Å². The summed E-state index contributed by atoms with van der Waals surface area (Å²) in [5.74, 6) is -0.0961. The largest absolute Gasteiger partial charge is 0.387 e. The van der Waals surface area contributed by atoms with Crippen molar-refractivity contribution < 1.29 is 8.42 Å². The summed E-state index contributed by atoms with van der Waals surface area (Å²) in [7, 11) is -3.26. The molecule has 0 aromatic carbocycles. The Morgan fingerprint density at radius 2 is 1.94 bits per heavy atom. The molecule has 0 heterocycles. The van der Waals surface area contributed by atoms with Crippen LogP contribution in [0.3, 0.4) is 0 Å². The van der Waals surface area contributed by atoms with Crippen molar-refractivity contribution in [3.8, 4) is 0 Å². The monoisotopic (exact) mass is 247 g/mol. The molecule has 0 amide bonds. The lowest BCUT2D eigenvalue weighted by atomic mass is 10.0. The molecule has 1 fully saturated rings. The van der Waals surface area contributed by atoms with Crippen LogP contribution in [-0.2, 0) is 10.0 Å². The Hall–Kier alpha value is -0.620. The van der Waals surface area contributed by atoms with Crippen LogP contribution in [0.4, 0.5) is 0 Å². The predicted octanol–water partition coefficient (Wildman–Crippen LogP) is 0.907. The standard InChI is InChI=1S/C10H21N3O2S/c1-2-13(8-10(11)12)16(14,15)9-6-4-3-5-7-9/h9H,2-8H2,1H3,(H3,11,12). The third-order valence-corrected chi connectivity index (χ3v) is 5.45. The molecule has 0 radical (unpaired) electrons. The summed E-state index contributed by atoms with van der Waals surface area (Å²) in [6.07, 6.45) is 4.60. The van der Waals surface area contributed by atoms with Crippen LogP contribution in [0.25, 0.3) is 0 Å². The fourth-order valence-electron chi connectivity index (χ4n) is 2.15. The van der Waals surface area contributed by atoms with Crippen LogP contribution in [0.5, 0.6) is 0 Å². The van der Waals surface area contributed by atoms with Gasteiger partial charge < -0.3 is 5.73 Å². The summed E-state index contributed by atoms with van der Waals surface area (Å²) in [5, 5.41) is 6.93. The van der Waals surface area contributed by atoms with E-state index in [0.717, 1.165) is 32.1 Å². The zero-order valence-electron chi connectivity index (χ0n) is 9.78. The van der Waals surface area contributed by atoms with Crippen LogP contribution in [0.1, 0.15) is 39.0 Å². The van der Waals surface area contributed by atoms with Gasteiger partial charge in [0.25, 0.3) is 0 Å². The SMILES string of the molecule is CCN(CC(=N)N)S(=O)(=O)C1CCCCC1. The molecule has 5 nitrogen and oxygen atoms in total. The highest BCUT2D eigenvalue weighted by Gasteiger charge is 2.32. The van der Waals surface area contributed by atoms with E-state index in [1.165, 1.54) is 4.31 Å². The zero-order valence-corrected chi connectivity index (χ0v) is 10.6. The molecular weight excluding hydrogens is 226 g/mol. The Bertz CT molecular complexity index is 334. The summed E-state index contributed by atoms with van der Waals surface area (Å²) in [4.78, 5) is 0. The number of hydrogen-bond acceptors (Lipinski definition) is 3. The molecule has 1 rings (SSSR count). The second-order valence-corrected chi connectivity index (χ2v) is 6.47. The van der Waals surface area contributed by atoms with E-state index in [9.17, 15) is 8.42 Å². The molecule has 3 N–H and O–H groups in total. The summed E-state index contributed by atoms with van der Waals surface area (Å²) in [6, 6.07) is 0. The van der Waals surface area contributed by atoms with Crippen LogP contribution in [0.2, 0.25) is 0 Å². The molecule has 1 aliphatic rings. The van der Waals surface area contributed by atoms with Crippen LogP contribution < -0.4 is 5.73 Å². The first-order chi connectivity index (χ1) is 7.48. The van der Waals surface area contributed by atoms with Crippen LogP contribution in [0, 0.1) is 5.41 Å². The number of nitrogens with zero attached hydrogens (tertiary/aromatic N) is 1. The smallest absolute Gasteiger partial charge is 0.217 e. The van der Waals surface area contributed by atoms with Crippen molar-refractivity contribution in [3.05, 3.63) is 0 Å². The number of nitrogens with two attached hydrogens (primary N) is 1. The van der Waals surface area contributed by atoms with Crippen molar-refractivity contribution >= 4 is 15.9 Å². The topological polar surface area (TPSA) is 87.2 Å². The molecule has 1 saturated carbocycles. The molecule has 0 aliphatic heterocycles. The molecule has 1 aliphatic carbocycles. The van der Waals surface area contributed by atoms with E-state index in [0.29, 0.717) is 6.54 Å². The summed E-state index contributed by atoms with van der Waals surface area (Å²) in [6.45, 7) is 2.19. The second kappa shape index (κ2) is 5.63. The van der Waals surface area contributed by atoms with Gasteiger partial charge in [0, 0.05) is 6.54 Å². The molecular formula is C10H21N3O2S. The lowest BCUT2D eigenvalue weighted by Gasteiger charge is -2.28. The van der Waals surface area contributed by atoms with Gasteiger partial charge in [-0.05, 0) is 12.8 Å². The maximum absolute atomic E-state index is 12.2. The van der Waals surface area contributed by atoms with Crippen molar-refractivity contribution in [1.29, 1.82) is 5.41 Å². The van der Waals surface area contributed by atoms with Crippen molar-refractivity contribution in [2.45, 2.75) is 44.3 Å². The molecule has 0 saturated heterocycles. The van der Waals surface area contributed by atoms with E-state index in [1.807, 2.05) is 0 Å². The minimum atomic E-state index is -3.26. The Morgan fingerprint density at radius 3 is 2.38 bits per heavy atom. The van der Waals surface area contributed by atoms with Crippen LogP contribution in [0.15, 0.2) is 0 Å². The summed E-state index contributed by atoms with van der Waals surface area (Å²) in [5.41, 5.74) is 5.27. The maximum Gasteiger partial charge on any atom is 0.217 e. The first-order valence-electron chi connectivity index (χ1n) is 5.80. The second-order valence-electron chi connectivity index (χ2n) is 4.26. The van der Waals surface area contributed by atoms with E-state index < -0.39 is 10.0 Å². The first-order valence-corrected chi connectivity index (χ1v) is 7.30. The third kappa shape index (κ3) is 3.18. The van der Waals surface area contributed by atoms with Gasteiger partial charge in [-0.2, -0.15) is 4.31 Å². The number of likely N-dealkylation sites (N-methyl/N-ethyl adjacent to an activating group) is 1. The van der Waals surface area contributed by atoms with Crippen molar-refractivity contribution in [1.82, 2.24) is 4.31 Å². The zero-order chi connectivity index (χ0) is 12.2. The number of amidine groups is 1. The average Bonchev–Trinajstić information content (AvgIpc) is 2.26. The molecule has 0 spiro atoms. The normalized spacial score (nSPS) is 18.9. The number of nitrogens with one attached hydrogen (secondary N) is 1. The Labute approximate surface area is 97.6 Å². The molecule has 94 valence electrons. The molecule has 0 atom stereocenters. The van der Waals surface area contributed by atoms with Gasteiger partial charge >= 0.3 is 0 Å². The van der Waals surface area contributed by atoms with E-state index in [4.69, 9.17) is 11.1 Å². The van der Waals surface area contributed by atoms with E-state index in [2.05, 4.69) is 0 Å². The fourth-order valence-corrected chi connectivity index (χ4v) is 4.18. The van der Waals surface area contributed by atoms with Gasteiger partial charge in [0.05, 0.1) is 11.8 Å². The van der Waals surface area contributed by atoms with Crippen molar-refractivity contribution in [2.24, 2.45) is 5.73 Å². The Kier molecular flexibility index (Phi) is 4.73. The van der Waals surface area contributed by atoms with Gasteiger partial charge in [0.2, 0.25) is 10.0 Å². The van der Waals surface area contributed by atoms with Gasteiger partial charge in [0.15, 0.2) is 0 Å². The fraction of sp³-hybridized carbons (Fsp3) is 0.900. The van der Waals surface area contributed by atoms with Crippen molar-refractivity contribution in [3.63, 3.8) is 0 Å². The summed E-state index contributed by atoms with van der Waals surface area (Å²) < 4.78 is 25.8. The quantitative estimate of drug-likeness (QED) is 0.559. The van der Waals surface area contributed by atoms with Crippen LogP contribution in [-0.4, -0.2) is 36.9 Å². The highest BCUT2D eigenvalue weighted by atomic mass is 32.2. The Morgan fingerprint density at radius 1 is 1.38 bits per heavy atom.